The second kappa shape index (κ2) is 2.80. The van der Waals surface area contributed by atoms with Gasteiger partial charge in [0.1, 0.15) is 12.2 Å². The Hall–Kier alpha value is -0.380. The zero-order chi connectivity index (χ0) is 9.64. The van der Waals surface area contributed by atoms with Crippen LogP contribution in [0.1, 0.15) is 20.8 Å². The Bertz CT molecular complexity index is 234. The lowest BCUT2D eigenvalue weighted by Crippen LogP contribution is -2.41. The minimum Gasteiger partial charge on any atom is -0.390 e. The lowest BCUT2D eigenvalue weighted by Gasteiger charge is -2.28. The second-order valence-electron chi connectivity index (χ2n) is 4.30. The molecular weight excluding hydrogens is 168 g/mol. The molecule has 1 fully saturated rings. The third-order valence-electron chi connectivity index (χ3n) is 2.64. The summed E-state index contributed by atoms with van der Waals surface area (Å²) in [4.78, 5) is 0. The SMILES string of the molecule is C[C@H]1C=C[C@H]2OC(C)(C)O[C@H]2[C@@H]1O. The van der Waals surface area contributed by atoms with Gasteiger partial charge in [-0.1, -0.05) is 19.1 Å². The summed E-state index contributed by atoms with van der Waals surface area (Å²) >= 11 is 0. The fourth-order valence-corrected chi connectivity index (χ4v) is 1.93. The zero-order valence-electron chi connectivity index (χ0n) is 8.23. The average Bonchev–Trinajstić information content (AvgIpc) is 2.34. The smallest absolute Gasteiger partial charge is 0.164 e. The standard InChI is InChI=1S/C10H16O3/c1-6-4-5-7-9(8(6)11)13-10(2,3)12-7/h4-9,11H,1-3H3/t6-,7+,8+,9+/m0/s1. The summed E-state index contributed by atoms with van der Waals surface area (Å²) in [7, 11) is 0. The Kier molecular flexibility index (Phi) is 1.98. The van der Waals surface area contributed by atoms with E-state index in [0.29, 0.717) is 0 Å². The Morgan fingerprint density at radius 2 is 1.92 bits per heavy atom. The molecule has 2 rings (SSSR count). The van der Waals surface area contributed by atoms with Crippen molar-refractivity contribution >= 4 is 0 Å². The number of fused-ring (bicyclic) bond motifs is 1. The van der Waals surface area contributed by atoms with Gasteiger partial charge in [-0.15, -0.1) is 0 Å². The predicted octanol–water partition coefficient (Wildman–Crippen LogP) is 1.07. The molecule has 74 valence electrons. The van der Waals surface area contributed by atoms with Crippen molar-refractivity contribution < 1.29 is 14.6 Å². The van der Waals surface area contributed by atoms with E-state index in [1.54, 1.807) is 0 Å². The van der Waals surface area contributed by atoms with Crippen LogP contribution in [-0.2, 0) is 9.47 Å². The molecule has 0 unspecified atom stereocenters. The van der Waals surface area contributed by atoms with Crippen molar-refractivity contribution in [2.24, 2.45) is 5.92 Å². The molecule has 1 saturated heterocycles. The number of ether oxygens (including phenoxy) is 2. The molecule has 0 spiro atoms. The molecule has 2 aliphatic rings. The fourth-order valence-electron chi connectivity index (χ4n) is 1.93. The van der Waals surface area contributed by atoms with E-state index in [0.717, 1.165) is 0 Å². The number of aliphatic hydroxyl groups is 1. The number of rotatable bonds is 0. The maximum atomic E-state index is 9.82. The Morgan fingerprint density at radius 1 is 1.23 bits per heavy atom. The van der Waals surface area contributed by atoms with Gasteiger partial charge in [0.2, 0.25) is 0 Å². The Morgan fingerprint density at radius 3 is 2.62 bits per heavy atom. The predicted molar refractivity (Wildman–Crippen MR) is 48.1 cm³/mol. The van der Waals surface area contributed by atoms with Crippen molar-refractivity contribution in [1.29, 1.82) is 0 Å². The van der Waals surface area contributed by atoms with E-state index in [1.807, 2.05) is 32.9 Å². The van der Waals surface area contributed by atoms with Crippen LogP contribution in [0.15, 0.2) is 12.2 Å². The summed E-state index contributed by atoms with van der Waals surface area (Å²) in [5.41, 5.74) is 0. The molecule has 4 atom stereocenters. The van der Waals surface area contributed by atoms with Crippen LogP contribution in [-0.4, -0.2) is 29.2 Å². The summed E-state index contributed by atoms with van der Waals surface area (Å²) in [5, 5.41) is 9.82. The van der Waals surface area contributed by atoms with E-state index in [-0.39, 0.29) is 18.1 Å². The minimum absolute atomic E-state index is 0.0822. The van der Waals surface area contributed by atoms with Crippen molar-refractivity contribution in [3.05, 3.63) is 12.2 Å². The number of hydrogen-bond donors (Lipinski definition) is 1. The van der Waals surface area contributed by atoms with Crippen molar-refractivity contribution in [2.45, 2.75) is 44.9 Å². The van der Waals surface area contributed by atoms with E-state index < -0.39 is 11.9 Å². The maximum absolute atomic E-state index is 9.82. The van der Waals surface area contributed by atoms with E-state index >= 15 is 0 Å². The molecule has 0 aromatic rings. The van der Waals surface area contributed by atoms with Crippen LogP contribution >= 0.6 is 0 Å². The minimum atomic E-state index is -0.565. The first-order valence-corrected chi connectivity index (χ1v) is 4.72. The molecule has 13 heavy (non-hydrogen) atoms. The lowest BCUT2D eigenvalue weighted by atomic mass is 9.90. The highest BCUT2D eigenvalue weighted by Crippen LogP contribution is 2.35. The fraction of sp³-hybridized carbons (Fsp3) is 0.800. The highest BCUT2D eigenvalue weighted by atomic mass is 16.8. The molecule has 0 bridgehead atoms. The Balaban J connectivity index is 2.19. The van der Waals surface area contributed by atoms with Crippen molar-refractivity contribution in [1.82, 2.24) is 0 Å². The summed E-state index contributed by atoms with van der Waals surface area (Å²) in [6, 6.07) is 0. The summed E-state index contributed by atoms with van der Waals surface area (Å²) in [5.74, 6) is -0.413. The molecule has 3 heteroatoms. The summed E-state index contributed by atoms with van der Waals surface area (Å²) in [6.07, 6.45) is 3.24. The van der Waals surface area contributed by atoms with Gasteiger partial charge in [0.05, 0.1) is 6.10 Å². The largest absolute Gasteiger partial charge is 0.390 e. The van der Waals surface area contributed by atoms with Crippen molar-refractivity contribution in [3.8, 4) is 0 Å². The monoisotopic (exact) mass is 184 g/mol. The van der Waals surface area contributed by atoms with E-state index in [1.165, 1.54) is 0 Å². The van der Waals surface area contributed by atoms with Crippen molar-refractivity contribution in [2.75, 3.05) is 0 Å². The second-order valence-corrected chi connectivity index (χ2v) is 4.30. The highest BCUT2D eigenvalue weighted by molar-refractivity contribution is 5.09. The number of hydrogen-bond acceptors (Lipinski definition) is 3. The molecule has 1 N–H and O–H groups in total. The van der Waals surface area contributed by atoms with Gasteiger partial charge in [0.25, 0.3) is 0 Å². The maximum Gasteiger partial charge on any atom is 0.164 e. The molecule has 0 radical (unpaired) electrons. The molecular formula is C10H16O3. The normalized spacial score (nSPS) is 47.7. The first kappa shape index (κ1) is 9.19. The quantitative estimate of drug-likeness (QED) is 0.572. The van der Waals surface area contributed by atoms with Crippen LogP contribution in [0.2, 0.25) is 0 Å². The number of aliphatic hydroxyl groups excluding tert-OH is 1. The van der Waals surface area contributed by atoms with Crippen LogP contribution in [0.5, 0.6) is 0 Å². The summed E-state index contributed by atoms with van der Waals surface area (Å²) in [6.45, 7) is 5.72. The molecule has 1 aliphatic heterocycles. The van der Waals surface area contributed by atoms with Gasteiger partial charge < -0.3 is 14.6 Å². The first-order chi connectivity index (χ1) is 5.99. The summed E-state index contributed by atoms with van der Waals surface area (Å²) < 4.78 is 11.2. The molecule has 0 aromatic carbocycles. The van der Waals surface area contributed by atoms with Gasteiger partial charge in [-0.2, -0.15) is 0 Å². The van der Waals surface area contributed by atoms with E-state index in [2.05, 4.69) is 0 Å². The van der Waals surface area contributed by atoms with E-state index in [9.17, 15) is 5.11 Å². The molecule has 1 heterocycles. The van der Waals surface area contributed by atoms with Gasteiger partial charge in [0.15, 0.2) is 5.79 Å². The van der Waals surface area contributed by atoms with Crippen LogP contribution in [0.4, 0.5) is 0 Å². The highest BCUT2D eigenvalue weighted by Gasteiger charge is 2.46. The first-order valence-electron chi connectivity index (χ1n) is 4.72. The lowest BCUT2D eigenvalue weighted by molar-refractivity contribution is -0.154. The molecule has 0 saturated carbocycles. The van der Waals surface area contributed by atoms with Gasteiger partial charge in [-0.05, 0) is 13.8 Å². The Labute approximate surface area is 78.3 Å². The van der Waals surface area contributed by atoms with Crippen LogP contribution < -0.4 is 0 Å². The van der Waals surface area contributed by atoms with Gasteiger partial charge >= 0.3 is 0 Å². The van der Waals surface area contributed by atoms with Gasteiger partial charge in [0, 0.05) is 5.92 Å². The topological polar surface area (TPSA) is 38.7 Å². The zero-order valence-corrected chi connectivity index (χ0v) is 8.23. The van der Waals surface area contributed by atoms with Crippen LogP contribution in [0.3, 0.4) is 0 Å². The molecule has 1 aliphatic carbocycles. The van der Waals surface area contributed by atoms with Crippen LogP contribution in [0, 0.1) is 5.92 Å². The molecule has 3 nitrogen and oxygen atoms in total. The van der Waals surface area contributed by atoms with Crippen molar-refractivity contribution in [3.63, 3.8) is 0 Å². The van der Waals surface area contributed by atoms with Gasteiger partial charge in [-0.3, -0.25) is 0 Å². The van der Waals surface area contributed by atoms with Crippen LogP contribution in [0.25, 0.3) is 0 Å². The average molecular weight is 184 g/mol. The molecule has 0 amide bonds. The molecule has 0 aromatic heterocycles. The van der Waals surface area contributed by atoms with E-state index in [4.69, 9.17) is 9.47 Å². The third-order valence-corrected chi connectivity index (χ3v) is 2.64. The van der Waals surface area contributed by atoms with Gasteiger partial charge in [-0.25, -0.2) is 0 Å². The third kappa shape index (κ3) is 1.52.